The first kappa shape index (κ1) is 44.6. The molecule has 14 aromatic carbocycles. The van der Waals surface area contributed by atoms with Crippen LogP contribution in [-0.4, -0.2) is 0 Å². The van der Waals surface area contributed by atoms with Crippen LogP contribution in [0.5, 0.6) is 0 Å². The highest BCUT2D eigenvalue weighted by Gasteiger charge is 2.29. The standard InChI is InChI=1S/C44H34.C26H16.C2H6/c1-31-23-27-37(28-24-31)43-39(33-15-7-3-8-16-33)41(35-19-11-5-12-20-35)44(38-29-25-32(2)26-30-38)42(36-21-13-6-14-22-36)40(43)34-17-9-4-10-18-34;1-13-11-17-5-3-16-8-10-20-14(2)12-18-6-4-15-7-9-19(13)25-21(15)24(18)26(20)22(16)23(17)25;1-2/h3-30H,1-2H3;3-12H,1-2H3;1-2H3. The molecule has 0 heteroatoms. The molecule has 0 heterocycles. The molecule has 14 aromatic rings. The largest absolute Gasteiger partial charge is 0.0683 e. The van der Waals surface area contributed by atoms with Gasteiger partial charge in [0.05, 0.1) is 0 Å². The van der Waals surface area contributed by atoms with E-state index in [-0.39, 0.29) is 0 Å². The topological polar surface area (TPSA) is 0 Å². The highest BCUT2D eigenvalue weighted by atomic mass is 14.3. The van der Waals surface area contributed by atoms with E-state index in [9.17, 15) is 0 Å². The Labute approximate surface area is 423 Å². The van der Waals surface area contributed by atoms with Crippen molar-refractivity contribution in [3.63, 3.8) is 0 Å². The highest BCUT2D eigenvalue weighted by Crippen LogP contribution is 2.56. The van der Waals surface area contributed by atoms with Crippen LogP contribution in [-0.2, 0) is 0 Å². The van der Waals surface area contributed by atoms with Crippen molar-refractivity contribution in [3.8, 4) is 66.8 Å². The predicted molar refractivity (Wildman–Crippen MR) is 314 cm³/mol. The van der Waals surface area contributed by atoms with Crippen LogP contribution in [0.15, 0.2) is 231 Å². The Morgan fingerprint density at radius 1 is 0.208 bits per heavy atom. The summed E-state index contributed by atoms with van der Waals surface area (Å²) in [7, 11) is 0. The minimum absolute atomic E-state index is 1.20. The zero-order chi connectivity index (χ0) is 49.0. The molecule has 0 amide bonds. The molecule has 0 aliphatic rings. The molecule has 0 aliphatic heterocycles. The van der Waals surface area contributed by atoms with Gasteiger partial charge in [0.25, 0.3) is 0 Å². The second-order valence-electron chi connectivity index (χ2n) is 19.3. The van der Waals surface area contributed by atoms with Crippen molar-refractivity contribution in [2.24, 2.45) is 0 Å². The lowest BCUT2D eigenvalue weighted by Gasteiger charge is -2.29. The first-order valence-electron chi connectivity index (χ1n) is 25.6. The molecular weight excluding hydrogens is 865 g/mol. The number of rotatable bonds is 6. The van der Waals surface area contributed by atoms with Gasteiger partial charge in [-0.15, -0.1) is 0 Å². The third-order valence-corrected chi connectivity index (χ3v) is 15.0. The van der Waals surface area contributed by atoms with Gasteiger partial charge in [0, 0.05) is 0 Å². The van der Waals surface area contributed by atoms with E-state index in [1.807, 2.05) is 13.8 Å². The summed E-state index contributed by atoms with van der Waals surface area (Å²) < 4.78 is 0. The summed E-state index contributed by atoms with van der Waals surface area (Å²) in [6.45, 7) is 12.8. The first-order chi connectivity index (χ1) is 35.4. The Morgan fingerprint density at radius 2 is 0.444 bits per heavy atom. The summed E-state index contributed by atoms with van der Waals surface area (Å²) in [6.07, 6.45) is 0. The van der Waals surface area contributed by atoms with Crippen LogP contribution in [0.25, 0.3) is 131 Å². The maximum Gasteiger partial charge on any atom is -0.00112 e. The highest BCUT2D eigenvalue weighted by molar-refractivity contribution is 6.45. The molecule has 72 heavy (non-hydrogen) atoms. The van der Waals surface area contributed by atoms with Gasteiger partial charge in [-0.05, 0) is 170 Å². The maximum atomic E-state index is 2.36. The summed E-state index contributed by atoms with van der Waals surface area (Å²) in [5.41, 5.74) is 19.9. The van der Waals surface area contributed by atoms with Crippen molar-refractivity contribution < 1.29 is 0 Å². The number of hydrogen-bond donors (Lipinski definition) is 0. The molecule has 0 radical (unpaired) electrons. The quantitative estimate of drug-likeness (QED) is 0.115. The van der Waals surface area contributed by atoms with Gasteiger partial charge in [-0.1, -0.05) is 255 Å². The van der Waals surface area contributed by atoms with Crippen molar-refractivity contribution in [2.75, 3.05) is 0 Å². The third kappa shape index (κ3) is 7.29. The van der Waals surface area contributed by atoms with Gasteiger partial charge in [-0.25, -0.2) is 0 Å². The van der Waals surface area contributed by atoms with E-state index < -0.39 is 0 Å². The van der Waals surface area contributed by atoms with E-state index in [1.165, 1.54) is 154 Å². The van der Waals surface area contributed by atoms with Gasteiger partial charge in [0.15, 0.2) is 0 Å². The first-order valence-corrected chi connectivity index (χ1v) is 25.6. The third-order valence-electron chi connectivity index (χ3n) is 15.0. The SMILES string of the molecule is CC.Cc1cc2ccc3ccc4c(C)cc5ccc6ccc1c1c6c5c4c3c21.Cc1ccc(-c2c(-c3ccccc3)c(-c3ccccc3)c(-c3ccc(C)cc3)c(-c3ccccc3)c2-c2ccccc2)cc1. The average Bonchev–Trinajstić information content (AvgIpc) is 3.45. The van der Waals surface area contributed by atoms with Crippen molar-refractivity contribution in [3.05, 3.63) is 253 Å². The molecule has 344 valence electrons. The summed E-state index contributed by atoms with van der Waals surface area (Å²) in [6, 6.07) is 85.0. The van der Waals surface area contributed by atoms with Gasteiger partial charge >= 0.3 is 0 Å². The molecule has 0 aromatic heterocycles. The van der Waals surface area contributed by atoms with E-state index in [1.54, 1.807) is 0 Å². The maximum absolute atomic E-state index is 2.36. The predicted octanol–water partition coefficient (Wildman–Crippen LogP) is 20.9. The Bertz CT molecular complexity index is 3790. The van der Waals surface area contributed by atoms with Gasteiger partial charge < -0.3 is 0 Å². The monoisotopic (exact) mass is 920 g/mol. The van der Waals surface area contributed by atoms with Crippen LogP contribution in [0.3, 0.4) is 0 Å². The molecule has 0 fully saturated rings. The molecule has 0 nitrogen and oxygen atoms in total. The number of aryl methyl sites for hydroxylation is 4. The zero-order valence-electron chi connectivity index (χ0n) is 41.9. The molecule has 0 saturated carbocycles. The fourth-order valence-corrected chi connectivity index (χ4v) is 11.8. The summed E-state index contributed by atoms with van der Waals surface area (Å²) in [4.78, 5) is 0. The van der Waals surface area contributed by atoms with Crippen LogP contribution >= 0.6 is 0 Å². The van der Waals surface area contributed by atoms with Gasteiger partial charge in [0.2, 0.25) is 0 Å². The van der Waals surface area contributed by atoms with Crippen molar-refractivity contribution >= 4 is 64.6 Å². The fourth-order valence-electron chi connectivity index (χ4n) is 11.8. The minimum atomic E-state index is 1.20. The second kappa shape index (κ2) is 18.3. The molecule has 0 saturated heterocycles. The molecular formula is C72H56. The van der Waals surface area contributed by atoms with E-state index in [2.05, 4.69) is 258 Å². The lowest BCUT2D eigenvalue weighted by atomic mass is 9.74. The van der Waals surface area contributed by atoms with Crippen molar-refractivity contribution in [1.29, 1.82) is 0 Å². The number of hydrogen-bond acceptors (Lipinski definition) is 0. The van der Waals surface area contributed by atoms with E-state index in [0.29, 0.717) is 0 Å². The molecule has 0 bridgehead atoms. The lowest BCUT2D eigenvalue weighted by molar-refractivity contribution is 1.45. The molecule has 0 aliphatic carbocycles. The average molecular weight is 921 g/mol. The fraction of sp³-hybridized carbons (Fsp3) is 0.0833. The summed E-state index contributed by atoms with van der Waals surface area (Å²) >= 11 is 0. The Morgan fingerprint density at radius 3 is 0.736 bits per heavy atom. The van der Waals surface area contributed by atoms with Gasteiger partial charge in [-0.3, -0.25) is 0 Å². The van der Waals surface area contributed by atoms with Crippen LogP contribution < -0.4 is 0 Å². The van der Waals surface area contributed by atoms with Crippen LogP contribution in [0.4, 0.5) is 0 Å². The van der Waals surface area contributed by atoms with Crippen LogP contribution in [0.2, 0.25) is 0 Å². The molecule has 0 atom stereocenters. The van der Waals surface area contributed by atoms with Crippen LogP contribution in [0.1, 0.15) is 36.1 Å². The van der Waals surface area contributed by atoms with E-state index in [4.69, 9.17) is 0 Å². The lowest BCUT2D eigenvalue weighted by Crippen LogP contribution is -2.02. The van der Waals surface area contributed by atoms with Gasteiger partial charge in [-0.2, -0.15) is 0 Å². The minimum Gasteiger partial charge on any atom is -0.0683 e. The molecule has 0 N–H and O–H groups in total. The second-order valence-corrected chi connectivity index (χ2v) is 19.3. The van der Waals surface area contributed by atoms with E-state index >= 15 is 0 Å². The summed E-state index contributed by atoms with van der Waals surface area (Å²) in [5.74, 6) is 0. The van der Waals surface area contributed by atoms with E-state index in [0.717, 1.165) is 0 Å². The van der Waals surface area contributed by atoms with Crippen molar-refractivity contribution in [1.82, 2.24) is 0 Å². The zero-order valence-corrected chi connectivity index (χ0v) is 41.9. The summed E-state index contributed by atoms with van der Waals surface area (Å²) in [5, 5.41) is 16.9. The Hall–Kier alpha value is -8.58. The van der Waals surface area contributed by atoms with Gasteiger partial charge in [0.1, 0.15) is 0 Å². The Balaban J connectivity index is 0.000000159. The Kier molecular flexibility index (Phi) is 11.3. The normalized spacial score (nSPS) is 11.5. The molecule has 0 unspecified atom stereocenters. The number of benzene rings is 14. The smallest absolute Gasteiger partial charge is 0.00112 e. The van der Waals surface area contributed by atoms with Crippen LogP contribution in [0, 0.1) is 27.7 Å². The van der Waals surface area contributed by atoms with Crippen molar-refractivity contribution in [2.45, 2.75) is 41.5 Å². The molecule has 14 rings (SSSR count). The molecule has 0 spiro atoms.